The van der Waals surface area contributed by atoms with Crippen LogP contribution in [-0.2, 0) is 9.59 Å². The third-order valence-corrected chi connectivity index (χ3v) is 3.32. The van der Waals surface area contributed by atoms with Crippen LogP contribution in [0.25, 0.3) is 6.08 Å². The normalized spacial score (nSPS) is 16.5. The van der Waals surface area contributed by atoms with E-state index >= 15 is 0 Å². The minimum absolute atomic E-state index is 0.230. The van der Waals surface area contributed by atoms with Gasteiger partial charge < -0.3 is 15.2 Å². The van der Waals surface area contributed by atoms with E-state index in [1.165, 1.54) is 11.8 Å². The predicted molar refractivity (Wildman–Crippen MR) is 75.9 cm³/mol. The van der Waals surface area contributed by atoms with Gasteiger partial charge in [-0.1, -0.05) is 36.1 Å². The van der Waals surface area contributed by atoms with Gasteiger partial charge in [0.1, 0.15) is 10.1 Å². The maximum absolute atomic E-state index is 11.5. The quantitative estimate of drug-likeness (QED) is 0.649. The molecule has 1 fully saturated rings. The zero-order valence-electron chi connectivity index (χ0n) is 9.58. The molecule has 1 saturated heterocycles. The van der Waals surface area contributed by atoms with Crippen LogP contribution in [0.4, 0.5) is 0 Å². The van der Waals surface area contributed by atoms with Gasteiger partial charge in [0.15, 0.2) is 6.61 Å². The SMILES string of the molecule is O=C(O)COc1cccc(/C=C2/SC(=S)NC2=O)c1. The highest BCUT2D eigenvalue weighted by atomic mass is 32.2. The van der Waals surface area contributed by atoms with Gasteiger partial charge in [0, 0.05) is 0 Å². The number of benzene rings is 1. The molecule has 0 spiro atoms. The Labute approximate surface area is 118 Å². The van der Waals surface area contributed by atoms with E-state index in [0.29, 0.717) is 15.0 Å². The molecule has 1 aliphatic rings. The van der Waals surface area contributed by atoms with E-state index < -0.39 is 12.6 Å². The van der Waals surface area contributed by atoms with Crippen LogP contribution >= 0.6 is 24.0 Å². The van der Waals surface area contributed by atoms with Crippen molar-refractivity contribution in [3.63, 3.8) is 0 Å². The molecule has 19 heavy (non-hydrogen) atoms. The Morgan fingerprint density at radius 1 is 1.53 bits per heavy atom. The first-order valence-corrected chi connectivity index (χ1v) is 6.46. The lowest BCUT2D eigenvalue weighted by molar-refractivity contribution is -0.139. The van der Waals surface area contributed by atoms with Crippen molar-refractivity contribution in [2.45, 2.75) is 0 Å². The summed E-state index contributed by atoms with van der Waals surface area (Å²) in [5, 5.41) is 11.1. The van der Waals surface area contributed by atoms with Crippen molar-refractivity contribution in [2.24, 2.45) is 0 Å². The highest BCUT2D eigenvalue weighted by Gasteiger charge is 2.21. The van der Waals surface area contributed by atoms with Crippen LogP contribution in [0, 0.1) is 0 Å². The lowest BCUT2D eigenvalue weighted by Gasteiger charge is -2.03. The van der Waals surface area contributed by atoms with E-state index in [2.05, 4.69) is 5.32 Å². The molecular formula is C12H9NO4S2. The third kappa shape index (κ3) is 3.80. The van der Waals surface area contributed by atoms with Crippen molar-refractivity contribution in [2.75, 3.05) is 6.61 Å². The van der Waals surface area contributed by atoms with E-state index in [1.54, 1.807) is 30.3 Å². The summed E-state index contributed by atoms with van der Waals surface area (Å²) in [6, 6.07) is 6.82. The van der Waals surface area contributed by atoms with Gasteiger partial charge in [-0.05, 0) is 23.8 Å². The zero-order valence-corrected chi connectivity index (χ0v) is 11.2. The van der Waals surface area contributed by atoms with Crippen LogP contribution in [0.2, 0.25) is 0 Å². The Hall–Kier alpha value is -1.86. The monoisotopic (exact) mass is 295 g/mol. The number of aliphatic carboxylic acids is 1. The molecule has 1 amide bonds. The average molecular weight is 295 g/mol. The Kier molecular flexibility index (Phi) is 4.18. The Balaban J connectivity index is 2.15. The maximum Gasteiger partial charge on any atom is 0.341 e. The summed E-state index contributed by atoms with van der Waals surface area (Å²) in [5.41, 5.74) is 0.741. The van der Waals surface area contributed by atoms with Crippen LogP contribution < -0.4 is 10.1 Å². The maximum atomic E-state index is 11.5. The number of hydrogen-bond donors (Lipinski definition) is 2. The highest BCUT2D eigenvalue weighted by molar-refractivity contribution is 8.26. The molecule has 1 aliphatic heterocycles. The predicted octanol–water partition coefficient (Wildman–Crippen LogP) is 1.64. The van der Waals surface area contributed by atoms with Crippen LogP contribution in [-0.4, -0.2) is 27.9 Å². The molecule has 0 atom stereocenters. The number of carbonyl (C=O) groups is 2. The molecule has 1 aromatic rings. The topological polar surface area (TPSA) is 75.6 Å². The number of ether oxygens (including phenoxy) is 1. The summed E-state index contributed by atoms with van der Waals surface area (Å²) >= 11 is 6.08. The zero-order chi connectivity index (χ0) is 13.8. The van der Waals surface area contributed by atoms with Crippen LogP contribution in [0.3, 0.4) is 0 Å². The van der Waals surface area contributed by atoms with Crippen molar-refractivity contribution in [1.82, 2.24) is 5.32 Å². The van der Waals surface area contributed by atoms with Gasteiger partial charge in [-0.3, -0.25) is 4.79 Å². The minimum atomic E-state index is -1.04. The first-order chi connectivity index (χ1) is 9.04. The molecule has 2 N–H and O–H groups in total. The van der Waals surface area contributed by atoms with Gasteiger partial charge in [0.2, 0.25) is 0 Å². The summed E-state index contributed by atoms with van der Waals surface area (Å²) in [7, 11) is 0. The molecule has 0 saturated carbocycles. The molecule has 0 aliphatic carbocycles. The minimum Gasteiger partial charge on any atom is -0.482 e. The molecule has 7 heteroatoms. The lowest BCUT2D eigenvalue weighted by atomic mass is 10.2. The number of thioether (sulfide) groups is 1. The smallest absolute Gasteiger partial charge is 0.341 e. The largest absolute Gasteiger partial charge is 0.482 e. The van der Waals surface area contributed by atoms with Gasteiger partial charge in [-0.25, -0.2) is 4.79 Å². The van der Waals surface area contributed by atoms with Gasteiger partial charge in [-0.2, -0.15) is 0 Å². The molecule has 0 aromatic heterocycles. The first kappa shape index (κ1) is 13.6. The number of hydrogen-bond acceptors (Lipinski definition) is 5. The second-order valence-corrected chi connectivity index (χ2v) is 5.33. The van der Waals surface area contributed by atoms with E-state index in [9.17, 15) is 9.59 Å². The molecule has 2 rings (SSSR count). The van der Waals surface area contributed by atoms with Crippen molar-refractivity contribution >= 4 is 46.3 Å². The molecule has 5 nitrogen and oxygen atoms in total. The fraction of sp³-hybridized carbons (Fsp3) is 0.0833. The summed E-state index contributed by atoms with van der Waals surface area (Å²) in [6.45, 7) is -0.403. The Morgan fingerprint density at radius 3 is 2.95 bits per heavy atom. The standard InChI is InChI=1S/C12H9NO4S2/c14-10(15)6-17-8-3-1-2-7(4-8)5-9-11(16)13-12(18)19-9/h1-5H,6H2,(H,14,15)(H,13,16,18)/b9-5+. The third-order valence-electron chi connectivity index (χ3n) is 2.16. The van der Waals surface area contributed by atoms with Crippen molar-refractivity contribution in [3.05, 3.63) is 34.7 Å². The van der Waals surface area contributed by atoms with E-state index in [0.717, 1.165) is 5.56 Å². The fourth-order valence-electron chi connectivity index (χ4n) is 1.41. The first-order valence-electron chi connectivity index (χ1n) is 5.24. The van der Waals surface area contributed by atoms with E-state index in [-0.39, 0.29) is 5.91 Å². The Morgan fingerprint density at radius 2 is 2.32 bits per heavy atom. The van der Waals surface area contributed by atoms with Gasteiger partial charge >= 0.3 is 5.97 Å². The second kappa shape index (κ2) is 5.85. The van der Waals surface area contributed by atoms with Crippen LogP contribution in [0.5, 0.6) is 5.75 Å². The van der Waals surface area contributed by atoms with Crippen molar-refractivity contribution < 1.29 is 19.4 Å². The molecule has 1 heterocycles. The summed E-state index contributed by atoms with van der Waals surface area (Å²) in [5.74, 6) is -0.838. The molecule has 98 valence electrons. The van der Waals surface area contributed by atoms with Crippen LogP contribution in [0.15, 0.2) is 29.2 Å². The number of thiocarbonyl (C=S) groups is 1. The van der Waals surface area contributed by atoms with Crippen molar-refractivity contribution in [3.8, 4) is 5.75 Å². The number of carboxylic acids is 1. The van der Waals surface area contributed by atoms with Gasteiger partial charge in [0.05, 0.1) is 4.91 Å². The fourth-order valence-corrected chi connectivity index (χ4v) is 2.46. The summed E-state index contributed by atoms with van der Waals surface area (Å²) in [4.78, 5) is 22.4. The number of carboxylic acid groups (broad SMARTS) is 1. The van der Waals surface area contributed by atoms with Crippen molar-refractivity contribution in [1.29, 1.82) is 0 Å². The Bertz CT molecular complexity index is 583. The highest BCUT2D eigenvalue weighted by Crippen LogP contribution is 2.26. The number of rotatable bonds is 4. The molecular weight excluding hydrogens is 286 g/mol. The van der Waals surface area contributed by atoms with Gasteiger partial charge in [0.25, 0.3) is 5.91 Å². The molecule has 0 radical (unpaired) electrons. The summed E-state index contributed by atoms with van der Waals surface area (Å²) in [6.07, 6.45) is 1.67. The average Bonchev–Trinajstić information content (AvgIpc) is 2.66. The molecule has 0 bridgehead atoms. The summed E-state index contributed by atoms with van der Waals surface area (Å²) < 4.78 is 5.48. The number of nitrogens with one attached hydrogen (secondary N) is 1. The van der Waals surface area contributed by atoms with E-state index in [4.69, 9.17) is 22.1 Å². The molecule has 0 unspecified atom stereocenters. The van der Waals surface area contributed by atoms with E-state index in [1.807, 2.05) is 0 Å². The molecule has 1 aromatic carbocycles. The second-order valence-electron chi connectivity index (χ2n) is 3.61. The number of amides is 1. The van der Waals surface area contributed by atoms with Gasteiger partial charge in [-0.15, -0.1) is 0 Å². The number of carbonyl (C=O) groups excluding carboxylic acids is 1. The van der Waals surface area contributed by atoms with Crippen LogP contribution in [0.1, 0.15) is 5.56 Å². The lowest BCUT2D eigenvalue weighted by Crippen LogP contribution is -2.17.